The van der Waals surface area contributed by atoms with Gasteiger partial charge in [0, 0.05) is 16.7 Å². The highest BCUT2D eigenvalue weighted by Crippen LogP contribution is 2.32. The van der Waals surface area contributed by atoms with Gasteiger partial charge in [-0.05, 0) is 18.3 Å². The molecule has 1 N–H and O–H groups in total. The Balaban J connectivity index is 2.07. The Morgan fingerprint density at radius 2 is 1.52 bits per heavy atom. The van der Waals surface area contributed by atoms with Gasteiger partial charge in [0.1, 0.15) is 5.76 Å². The standard InChI is InChI=1S/C20H26O3/c1-13(2)8-4-5-9-14(3)12-17-18(21)15-10-6-7-11-16(15)19(22)20(17)23/h6-7,10-11,13-14,21H,4-5,8-9,12H2,1-3H3. The number of rotatable bonds is 7. The molecule has 0 heterocycles. The van der Waals surface area contributed by atoms with E-state index in [0.717, 1.165) is 12.8 Å². The van der Waals surface area contributed by atoms with E-state index in [1.807, 2.05) is 0 Å². The van der Waals surface area contributed by atoms with Gasteiger partial charge in [-0.2, -0.15) is 0 Å². The van der Waals surface area contributed by atoms with Crippen molar-refractivity contribution in [3.05, 3.63) is 41.0 Å². The van der Waals surface area contributed by atoms with Gasteiger partial charge in [-0.3, -0.25) is 9.59 Å². The molecule has 23 heavy (non-hydrogen) atoms. The Kier molecular flexibility index (Phi) is 5.75. The lowest BCUT2D eigenvalue weighted by Crippen LogP contribution is -2.25. The van der Waals surface area contributed by atoms with E-state index in [1.165, 1.54) is 12.8 Å². The zero-order valence-electron chi connectivity index (χ0n) is 14.3. The fourth-order valence-electron chi connectivity index (χ4n) is 3.10. The molecule has 0 bridgehead atoms. The second-order valence-corrected chi connectivity index (χ2v) is 7.02. The molecule has 0 saturated carbocycles. The maximum atomic E-state index is 12.3. The molecule has 1 unspecified atom stereocenters. The van der Waals surface area contributed by atoms with Gasteiger partial charge in [0.15, 0.2) is 0 Å². The molecule has 0 aliphatic heterocycles. The van der Waals surface area contributed by atoms with Crippen molar-refractivity contribution in [1.82, 2.24) is 0 Å². The van der Waals surface area contributed by atoms with Gasteiger partial charge in [-0.1, -0.05) is 70.7 Å². The highest BCUT2D eigenvalue weighted by molar-refractivity contribution is 6.52. The summed E-state index contributed by atoms with van der Waals surface area (Å²) in [6, 6.07) is 6.77. The van der Waals surface area contributed by atoms with Crippen LogP contribution >= 0.6 is 0 Å². The first-order valence-electron chi connectivity index (χ1n) is 8.52. The van der Waals surface area contributed by atoms with Crippen LogP contribution in [-0.2, 0) is 4.79 Å². The summed E-state index contributed by atoms with van der Waals surface area (Å²) in [5.74, 6) is -0.0673. The van der Waals surface area contributed by atoms with Crippen molar-refractivity contribution < 1.29 is 14.7 Å². The smallest absolute Gasteiger partial charge is 0.234 e. The van der Waals surface area contributed by atoms with E-state index in [1.54, 1.807) is 24.3 Å². The van der Waals surface area contributed by atoms with Crippen LogP contribution in [0.5, 0.6) is 0 Å². The predicted octanol–water partition coefficient (Wildman–Crippen LogP) is 4.96. The molecule has 0 radical (unpaired) electrons. The van der Waals surface area contributed by atoms with Crippen LogP contribution in [0.15, 0.2) is 29.8 Å². The minimum Gasteiger partial charge on any atom is -0.507 e. The normalized spacial score (nSPS) is 16.0. The van der Waals surface area contributed by atoms with Crippen molar-refractivity contribution in [2.24, 2.45) is 11.8 Å². The first-order valence-corrected chi connectivity index (χ1v) is 8.52. The molecule has 0 saturated heterocycles. The highest BCUT2D eigenvalue weighted by Gasteiger charge is 2.32. The summed E-state index contributed by atoms with van der Waals surface area (Å²) in [7, 11) is 0. The lowest BCUT2D eigenvalue weighted by molar-refractivity contribution is -0.112. The van der Waals surface area contributed by atoms with Crippen LogP contribution in [0, 0.1) is 11.8 Å². The van der Waals surface area contributed by atoms with E-state index in [4.69, 9.17) is 0 Å². The Morgan fingerprint density at radius 3 is 2.17 bits per heavy atom. The summed E-state index contributed by atoms with van der Waals surface area (Å²) in [6.45, 7) is 6.51. The topological polar surface area (TPSA) is 54.4 Å². The fourth-order valence-corrected chi connectivity index (χ4v) is 3.10. The minimum atomic E-state index is -0.546. The van der Waals surface area contributed by atoms with Gasteiger partial charge in [-0.25, -0.2) is 0 Å². The summed E-state index contributed by atoms with van der Waals surface area (Å²) in [6.07, 6.45) is 4.99. The summed E-state index contributed by atoms with van der Waals surface area (Å²) < 4.78 is 0. The molecular formula is C20H26O3. The number of ketones is 2. The van der Waals surface area contributed by atoms with E-state index >= 15 is 0 Å². The number of allylic oxidation sites excluding steroid dienone is 1. The number of unbranched alkanes of at least 4 members (excludes halogenated alkanes) is 1. The number of aliphatic hydroxyl groups is 1. The van der Waals surface area contributed by atoms with Crippen LogP contribution in [0.2, 0.25) is 0 Å². The summed E-state index contributed by atoms with van der Waals surface area (Å²) in [5.41, 5.74) is 1.08. The third kappa shape index (κ3) is 4.10. The molecule has 0 amide bonds. The maximum Gasteiger partial charge on any atom is 0.234 e. The third-order valence-corrected chi connectivity index (χ3v) is 4.47. The first kappa shape index (κ1) is 17.5. The Hall–Kier alpha value is -1.90. The van der Waals surface area contributed by atoms with Crippen LogP contribution in [0.4, 0.5) is 0 Å². The predicted molar refractivity (Wildman–Crippen MR) is 92.4 cm³/mol. The number of carbonyl (C=O) groups excluding carboxylic acids is 2. The average molecular weight is 314 g/mol. The zero-order chi connectivity index (χ0) is 17.0. The molecule has 3 heteroatoms. The molecule has 0 aromatic heterocycles. The van der Waals surface area contributed by atoms with E-state index < -0.39 is 11.6 Å². The summed E-state index contributed by atoms with van der Waals surface area (Å²) >= 11 is 0. The van der Waals surface area contributed by atoms with E-state index in [0.29, 0.717) is 23.5 Å². The van der Waals surface area contributed by atoms with Crippen molar-refractivity contribution in [2.45, 2.75) is 52.9 Å². The zero-order valence-corrected chi connectivity index (χ0v) is 14.3. The van der Waals surface area contributed by atoms with Crippen LogP contribution in [-0.4, -0.2) is 16.7 Å². The van der Waals surface area contributed by atoms with Crippen LogP contribution in [0.1, 0.15) is 68.8 Å². The molecule has 1 aliphatic carbocycles. The average Bonchev–Trinajstić information content (AvgIpc) is 2.53. The van der Waals surface area contributed by atoms with Crippen molar-refractivity contribution in [2.75, 3.05) is 0 Å². The third-order valence-electron chi connectivity index (χ3n) is 4.47. The number of carbonyl (C=O) groups is 2. The van der Waals surface area contributed by atoms with Crippen molar-refractivity contribution in [3.8, 4) is 0 Å². The fraction of sp³-hybridized carbons (Fsp3) is 0.500. The van der Waals surface area contributed by atoms with Gasteiger partial charge < -0.3 is 5.11 Å². The van der Waals surface area contributed by atoms with Crippen LogP contribution in [0.3, 0.4) is 0 Å². The molecule has 1 aromatic carbocycles. The number of hydrogen-bond donors (Lipinski definition) is 1. The van der Waals surface area contributed by atoms with Crippen molar-refractivity contribution >= 4 is 17.3 Å². The van der Waals surface area contributed by atoms with Crippen LogP contribution in [0.25, 0.3) is 5.76 Å². The monoisotopic (exact) mass is 314 g/mol. The van der Waals surface area contributed by atoms with Gasteiger partial charge in [0.2, 0.25) is 11.6 Å². The minimum absolute atomic E-state index is 0.0146. The highest BCUT2D eigenvalue weighted by atomic mass is 16.3. The molecule has 1 atom stereocenters. The van der Waals surface area contributed by atoms with Gasteiger partial charge in [0.25, 0.3) is 0 Å². The quantitative estimate of drug-likeness (QED) is 0.571. The maximum absolute atomic E-state index is 12.3. The van der Waals surface area contributed by atoms with E-state index in [9.17, 15) is 14.7 Å². The van der Waals surface area contributed by atoms with Crippen molar-refractivity contribution in [3.63, 3.8) is 0 Å². The van der Waals surface area contributed by atoms with E-state index in [2.05, 4.69) is 20.8 Å². The number of fused-ring (bicyclic) bond motifs is 1. The second-order valence-electron chi connectivity index (χ2n) is 7.02. The number of hydrogen-bond acceptors (Lipinski definition) is 3. The molecule has 1 aliphatic rings. The van der Waals surface area contributed by atoms with Gasteiger partial charge in [-0.15, -0.1) is 0 Å². The summed E-state index contributed by atoms with van der Waals surface area (Å²) in [5, 5.41) is 10.4. The molecule has 0 spiro atoms. The second kappa shape index (κ2) is 7.58. The van der Waals surface area contributed by atoms with Crippen LogP contribution < -0.4 is 0 Å². The largest absolute Gasteiger partial charge is 0.507 e. The molecule has 1 aromatic rings. The molecule has 124 valence electrons. The molecular weight excluding hydrogens is 288 g/mol. The Labute approximate surface area is 138 Å². The lowest BCUT2D eigenvalue weighted by Gasteiger charge is -2.20. The summed E-state index contributed by atoms with van der Waals surface area (Å²) in [4.78, 5) is 24.5. The van der Waals surface area contributed by atoms with Gasteiger partial charge in [0.05, 0.1) is 0 Å². The first-order chi connectivity index (χ1) is 10.9. The van der Waals surface area contributed by atoms with E-state index in [-0.39, 0.29) is 17.3 Å². The SMILES string of the molecule is CC(C)CCCCC(C)CC1=C(O)c2ccccc2C(=O)C1=O. The lowest BCUT2D eigenvalue weighted by atomic mass is 9.83. The molecule has 3 nitrogen and oxygen atoms in total. The molecule has 0 fully saturated rings. The Morgan fingerprint density at radius 1 is 0.913 bits per heavy atom. The Bertz CT molecular complexity index is 626. The van der Waals surface area contributed by atoms with Gasteiger partial charge >= 0.3 is 0 Å². The number of benzene rings is 1. The van der Waals surface area contributed by atoms with Crippen molar-refractivity contribution in [1.29, 1.82) is 0 Å². The number of aliphatic hydroxyl groups excluding tert-OH is 1. The molecule has 2 rings (SSSR count). The number of Topliss-reactive ketones (excluding diaryl/α,β-unsaturated/α-hetero) is 2.